The molecule has 120 valence electrons. The molecular weight excluding hydrogens is 288 g/mol. The molecule has 0 aliphatic heterocycles. The predicted molar refractivity (Wildman–Crippen MR) is 69.7 cm³/mol. The smallest absolute Gasteiger partial charge is 0.404 e. The molecule has 10 heteroatoms. The molecule has 0 aromatic rings. The van der Waals surface area contributed by atoms with E-state index >= 15 is 0 Å². The molecule has 0 aromatic carbocycles. The number of hydrogen-bond acceptors (Lipinski definition) is 6. The fourth-order valence-corrected chi connectivity index (χ4v) is 0.700. The topological polar surface area (TPSA) is 176 Å². The summed E-state index contributed by atoms with van der Waals surface area (Å²) >= 11 is 0. The summed E-state index contributed by atoms with van der Waals surface area (Å²) in [5.41, 5.74) is 5.13. The van der Waals surface area contributed by atoms with Crippen molar-refractivity contribution in [3.8, 4) is 0 Å². The van der Waals surface area contributed by atoms with Crippen molar-refractivity contribution in [2.75, 3.05) is 13.2 Å². The Labute approximate surface area is 120 Å². The number of esters is 1. The van der Waals surface area contributed by atoms with Crippen LogP contribution in [0.15, 0.2) is 12.2 Å². The van der Waals surface area contributed by atoms with Crippen LogP contribution in [0.5, 0.6) is 0 Å². The van der Waals surface area contributed by atoms with Gasteiger partial charge >= 0.3 is 24.0 Å². The van der Waals surface area contributed by atoms with Crippen LogP contribution in [-0.2, 0) is 19.1 Å². The summed E-state index contributed by atoms with van der Waals surface area (Å²) in [5, 5.41) is 26.2. The van der Waals surface area contributed by atoms with Crippen molar-refractivity contribution in [3.63, 3.8) is 0 Å². The van der Waals surface area contributed by atoms with Crippen LogP contribution in [-0.4, -0.2) is 58.5 Å². The van der Waals surface area contributed by atoms with E-state index in [4.69, 9.17) is 21.1 Å². The maximum atomic E-state index is 10.7. The van der Waals surface area contributed by atoms with Gasteiger partial charge in [0.25, 0.3) is 0 Å². The molecule has 0 aromatic heterocycles. The minimum Gasteiger partial charge on any atom is -0.481 e. The third-order valence-corrected chi connectivity index (χ3v) is 1.67. The number of amides is 1. The molecule has 0 unspecified atom stereocenters. The normalized spacial score (nSPS) is 10.4. The van der Waals surface area contributed by atoms with Gasteiger partial charge in [-0.05, 0) is 6.92 Å². The lowest BCUT2D eigenvalue weighted by Gasteiger charge is -2.03. The van der Waals surface area contributed by atoms with Crippen LogP contribution >= 0.6 is 0 Å². The minimum absolute atomic E-state index is 0.0258. The van der Waals surface area contributed by atoms with Crippen LogP contribution < -0.4 is 11.1 Å². The van der Waals surface area contributed by atoms with E-state index < -0.39 is 36.5 Å². The van der Waals surface area contributed by atoms with E-state index in [0.29, 0.717) is 5.57 Å². The third-order valence-electron chi connectivity index (χ3n) is 1.67. The number of ether oxygens (including phenoxy) is 1. The van der Waals surface area contributed by atoms with Crippen molar-refractivity contribution in [2.24, 2.45) is 5.73 Å². The summed E-state index contributed by atoms with van der Waals surface area (Å²) in [7, 11) is 0. The highest BCUT2D eigenvalue weighted by Crippen LogP contribution is 1.90. The number of aliphatic carboxylic acids is 2. The highest BCUT2D eigenvalue weighted by atomic mass is 16.5. The van der Waals surface area contributed by atoms with Gasteiger partial charge < -0.3 is 31.1 Å². The monoisotopic (exact) mass is 306 g/mol. The van der Waals surface area contributed by atoms with E-state index in [-0.39, 0.29) is 13.2 Å². The number of carbonyl (C=O) groups is 4. The van der Waals surface area contributed by atoms with Gasteiger partial charge in [-0.1, -0.05) is 6.58 Å². The molecule has 0 heterocycles. The molecule has 10 nitrogen and oxygen atoms in total. The molecule has 0 bridgehead atoms. The Morgan fingerprint density at radius 2 is 1.76 bits per heavy atom. The molecule has 0 saturated carbocycles. The van der Waals surface area contributed by atoms with Crippen molar-refractivity contribution < 1.29 is 39.2 Å². The highest BCUT2D eigenvalue weighted by Gasteiger charge is 2.14. The molecule has 0 fully saturated rings. The zero-order chi connectivity index (χ0) is 17.0. The Bertz CT molecular complexity index is 407. The van der Waals surface area contributed by atoms with E-state index in [1.165, 1.54) is 6.92 Å². The van der Waals surface area contributed by atoms with Gasteiger partial charge in [-0.3, -0.25) is 9.59 Å². The number of nitrogens with two attached hydrogens (primary N) is 1. The second kappa shape index (κ2) is 11.2. The van der Waals surface area contributed by atoms with Crippen LogP contribution in [0.25, 0.3) is 0 Å². The van der Waals surface area contributed by atoms with Crippen LogP contribution in [0.4, 0.5) is 4.79 Å². The Hall–Kier alpha value is -2.62. The molecule has 21 heavy (non-hydrogen) atoms. The van der Waals surface area contributed by atoms with Crippen molar-refractivity contribution in [1.82, 2.24) is 5.32 Å². The minimum atomic E-state index is -1.29. The van der Waals surface area contributed by atoms with Gasteiger partial charge in [0.1, 0.15) is 12.6 Å². The van der Waals surface area contributed by atoms with Gasteiger partial charge in [-0.2, -0.15) is 0 Å². The highest BCUT2D eigenvalue weighted by molar-refractivity contribution is 5.86. The second-order valence-corrected chi connectivity index (χ2v) is 3.69. The Balaban J connectivity index is 0. The molecule has 0 radical (unpaired) electrons. The predicted octanol–water partition coefficient (Wildman–Crippen LogP) is -0.754. The number of rotatable bonds is 7. The van der Waals surface area contributed by atoms with Crippen molar-refractivity contribution in [2.45, 2.75) is 19.4 Å². The van der Waals surface area contributed by atoms with Crippen LogP contribution in [0, 0.1) is 0 Å². The summed E-state index contributed by atoms with van der Waals surface area (Å²) in [6, 6.07) is -1.29. The molecule has 1 atom stereocenters. The van der Waals surface area contributed by atoms with Crippen molar-refractivity contribution in [3.05, 3.63) is 12.2 Å². The van der Waals surface area contributed by atoms with Gasteiger partial charge in [-0.15, -0.1) is 0 Å². The van der Waals surface area contributed by atoms with E-state index in [1.807, 2.05) is 5.32 Å². The fourth-order valence-electron chi connectivity index (χ4n) is 0.700. The first kappa shape index (κ1) is 20.7. The third kappa shape index (κ3) is 15.3. The summed E-state index contributed by atoms with van der Waals surface area (Å²) < 4.78 is 4.59. The quantitative estimate of drug-likeness (QED) is 0.230. The van der Waals surface area contributed by atoms with Crippen molar-refractivity contribution >= 4 is 24.0 Å². The largest absolute Gasteiger partial charge is 0.481 e. The molecule has 0 spiro atoms. The van der Waals surface area contributed by atoms with Gasteiger partial charge in [0.15, 0.2) is 0 Å². The standard InChI is InChI=1S/C7H11NO4.C4H7NO4/c1-5(2)6(9)12-4-3-8-7(10)11;5-2(4(8)9)1-3(6)7/h8H,1,3-4H2,2H3,(H,10,11);2H,1,5H2,(H,6,7)(H,8,9)/t;2-/m.0/s1. The van der Waals surface area contributed by atoms with Crippen LogP contribution in [0.3, 0.4) is 0 Å². The lowest BCUT2D eigenvalue weighted by Crippen LogP contribution is -2.32. The first-order valence-corrected chi connectivity index (χ1v) is 5.57. The molecular formula is C11H18N2O8. The zero-order valence-corrected chi connectivity index (χ0v) is 11.4. The van der Waals surface area contributed by atoms with E-state index in [0.717, 1.165) is 0 Å². The number of nitrogens with one attached hydrogen (secondary N) is 1. The summed E-state index contributed by atoms with van der Waals surface area (Å²) in [5.74, 6) is -3.01. The van der Waals surface area contributed by atoms with Crippen LogP contribution in [0.1, 0.15) is 13.3 Å². The Morgan fingerprint density at radius 3 is 2.05 bits per heavy atom. The summed E-state index contributed by atoms with van der Waals surface area (Å²) in [4.78, 5) is 40.2. The number of carboxylic acid groups (broad SMARTS) is 3. The second-order valence-electron chi connectivity index (χ2n) is 3.69. The zero-order valence-electron chi connectivity index (χ0n) is 11.4. The van der Waals surface area contributed by atoms with Gasteiger partial charge in [-0.25, -0.2) is 9.59 Å². The molecule has 0 aliphatic carbocycles. The maximum absolute atomic E-state index is 10.7. The molecule has 6 N–H and O–H groups in total. The average Bonchev–Trinajstić information content (AvgIpc) is 2.33. The van der Waals surface area contributed by atoms with E-state index in [1.54, 1.807) is 0 Å². The number of carbonyl (C=O) groups excluding carboxylic acids is 1. The van der Waals surface area contributed by atoms with Crippen molar-refractivity contribution in [1.29, 1.82) is 0 Å². The van der Waals surface area contributed by atoms with E-state index in [9.17, 15) is 19.2 Å². The lowest BCUT2D eigenvalue weighted by molar-refractivity contribution is -0.144. The molecule has 0 rings (SSSR count). The first-order valence-electron chi connectivity index (χ1n) is 5.57. The number of hydrogen-bond donors (Lipinski definition) is 5. The SMILES string of the molecule is C=C(C)C(=O)OCCNC(=O)O.N[C@@H](CC(=O)O)C(=O)O. The molecule has 0 aliphatic rings. The number of carboxylic acids is 2. The van der Waals surface area contributed by atoms with Gasteiger partial charge in [0.2, 0.25) is 0 Å². The molecule has 1 amide bonds. The van der Waals surface area contributed by atoms with Gasteiger partial charge in [0, 0.05) is 5.57 Å². The molecule has 0 saturated heterocycles. The summed E-state index contributed by atoms with van der Waals surface area (Å²) in [6.07, 6.45) is -1.67. The van der Waals surface area contributed by atoms with Gasteiger partial charge in [0.05, 0.1) is 13.0 Å². The fraction of sp³-hybridized carbons (Fsp3) is 0.455. The lowest BCUT2D eigenvalue weighted by atomic mass is 10.2. The Kier molecular flexibility index (Phi) is 11.1. The van der Waals surface area contributed by atoms with Crippen LogP contribution in [0.2, 0.25) is 0 Å². The van der Waals surface area contributed by atoms with E-state index in [2.05, 4.69) is 11.3 Å². The Morgan fingerprint density at radius 1 is 1.24 bits per heavy atom. The maximum Gasteiger partial charge on any atom is 0.404 e. The summed E-state index contributed by atoms with van der Waals surface area (Å²) in [6.45, 7) is 5.00. The average molecular weight is 306 g/mol. The first-order chi connectivity index (χ1) is 9.57.